The summed E-state index contributed by atoms with van der Waals surface area (Å²) in [6, 6.07) is -0.240. The van der Waals surface area contributed by atoms with E-state index < -0.39 is 0 Å². The van der Waals surface area contributed by atoms with Gasteiger partial charge in [0.05, 0.1) is 5.01 Å². The molecule has 5 heteroatoms. The van der Waals surface area contributed by atoms with Crippen LogP contribution < -0.4 is 10.6 Å². The highest BCUT2D eigenvalue weighted by Gasteiger charge is 2.00. The summed E-state index contributed by atoms with van der Waals surface area (Å²) in [5.41, 5.74) is 0. The molecule has 0 aliphatic rings. The largest absolute Gasteiger partial charge is 0.341 e. The van der Waals surface area contributed by atoms with Gasteiger partial charge in [0.2, 0.25) is 0 Å². The molecule has 0 unspecified atom stereocenters. The number of anilines is 1. The Morgan fingerprint density at radius 1 is 1.73 bits per heavy atom. The Hall–Kier alpha value is -1.10. The van der Waals surface area contributed by atoms with Crippen LogP contribution in [-0.2, 0) is 0 Å². The van der Waals surface area contributed by atoms with Crippen molar-refractivity contribution in [1.82, 2.24) is 10.3 Å². The van der Waals surface area contributed by atoms with Crippen molar-refractivity contribution in [1.29, 1.82) is 0 Å². The number of carbonyl (C=O) groups excluding carboxylic acids is 1. The Morgan fingerprint density at radius 3 is 2.91 bits per heavy atom. The molecule has 0 bridgehead atoms. The quantitative estimate of drug-likeness (QED) is 0.667. The summed E-state index contributed by atoms with van der Waals surface area (Å²) in [4.78, 5) is 14.8. The molecule has 1 aromatic rings. The fraction of sp³-hybridized carbons (Fsp3) is 0.333. The summed E-state index contributed by atoms with van der Waals surface area (Å²) in [7, 11) is 1.56. The first-order valence-electron chi connectivity index (χ1n) is 3.13. The van der Waals surface area contributed by atoms with E-state index in [2.05, 4.69) is 15.6 Å². The molecule has 0 spiro atoms. The van der Waals surface area contributed by atoms with E-state index in [0.29, 0.717) is 5.82 Å². The molecule has 11 heavy (non-hydrogen) atoms. The molecule has 0 aliphatic carbocycles. The summed E-state index contributed by atoms with van der Waals surface area (Å²) in [6.45, 7) is 1.89. The number of nitrogens with zero attached hydrogens (tertiary/aromatic N) is 1. The van der Waals surface area contributed by atoms with E-state index in [-0.39, 0.29) is 6.03 Å². The summed E-state index contributed by atoms with van der Waals surface area (Å²) in [5, 5.41) is 7.74. The molecule has 1 rings (SSSR count). The average molecular weight is 171 g/mol. The van der Waals surface area contributed by atoms with E-state index in [0.717, 1.165) is 5.01 Å². The van der Waals surface area contributed by atoms with Crippen LogP contribution in [0.15, 0.2) is 5.38 Å². The average Bonchev–Trinajstić information content (AvgIpc) is 2.35. The molecule has 0 fully saturated rings. The van der Waals surface area contributed by atoms with E-state index in [1.54, 1.807) is 12.4 Å². The van der Waals surface area contributed by atoms with Gasteiger partial charge >= 0.3 is 6.03 Å². The first-order chi connectivity index (χ1) is 5.22. The zero-order valence-corrected chi connectivity index (χ0v) is 7.16. The van der Waals surface area contributed by atoms with Gasteiger partial charge in [-0.3, -0.25) is 5.32 Å². The topological polar surface area (TPSA) is 54.0 Å². The van der Waals surface area contributed by atoms with Crippen molar-refractivity contribution < 1.29 is 4.79 Å². The molecule has 0 saturated carbocycles. The Bertz CT molecular complexity index is 258. The molecular formula is C6H9N3OS. The Morgan fingerprint density at radius 2 is 2.45 bits per heavy atom. The fourth-order valence-corrected chi connectivity index (χ4v) is 1.14. The van der Waals surface area contributed by atoms with Gasteiger partial charge in [0, 0.05) is 12.4 Å². The lowest BCUT2D eigenvalue weighted by Gasteiger charge is -1.97. The normalized spacial score (nSPS) is 9.27. The smallest absolute Gasteiger partial charge is 0.320 e. The van der Waals surface area contributed by atoms with Crippen LogP contribution in [0.2, 0.25) is 0 Å². The van der Waals surface area contributed by atoms with Crippen molar-refractivity contribution in [2.75, 3.05) is 12.4 Å². The number of nitrogens with one attached hydrogen (secondary N) is 2. The third kappa shape index (κ3) is 2.19. The van der Waals surface area contributed by atoms with Crippen molar-refractivity contribution in [3.05, 3.63) is 10.4 Å². The van der Waals surface area contributed by atoms with Crippen molar-refractivity contribution >= 4 is 23.2 Å². The van der Waals surface area contributed by atoms with Crippen LogP contribution in [0, 0.1) is 6.92 Å². The lowest BCUT2D eigenvalue weighted by Crippen LogP contribution is -2.24. The third-order valence-electron chi connectivity index (χ3n) is 1.09. The summed E-state index contributed by atoms with van der Waals surface area (Å²) in [6.07, 6.45) is 0. The minimum absolute atomic E-state index is 0.240. The zero-order valence-electron chi connectivity index (χ0n) is 6.34. The van der Waals surface area contributed by atoms with Gasteiger partial charge in [-0.05, 0) is 6.92 Å². The highest BCUT2D eigenvalue weighted by Crippen LogP contribution is 2.11. The van der Waals surface area contributed by atoms with Gasteiger partial charge < -0.3 is 5.32 Å². The highest BCUT2D eigenvalue weighted by molar-refractivity contribution is 7.09. The van der Waals surface area contributed by atoms with Crippen molar-refractivity contribution in [2.45, 2.75) is 6.92 Å². The number of aryl methyl sites for hydroxylation is 1. The van der Waals surface area contributed by atoms with Gasteiger partial charge in [0.25, 0.3) is 0 Å². The minimum Gasteiger partial charge on any atom is -0.341 e. The van der Waals surface area contributed by atoms with Crippen LogP contribution in [-0.4, -0.2) is 18.1 Å². The molecular weight excluding hydrogens is 162 g/mol. The number of amides is 2. The molecule has 1 aromatic heterocycles. The van der Waals surface area contributed by atoms with E-state index in [4.69, 9.17) is 0 Å². The van der Waals surface area contributed by atoms with E-state index in [1.807, 2.05) is 6.92 Å². The second kappa shape index (κ2) is 3.34. The first-order valence-corrected chi connectivity index (χ1v) is 4.01. The maximum atomic E-state index is 10.7. The molecule has 0 aromatic carbocycles. The number of rotatable bonds is 1. The van der Waals surface area contributed by atoms with Gasteiger partial charge in [-0.25, -0.2) is 9.78 Å². The van der Waals surface area contributed by atoms with Gasteiger partial charge in [0.1, 0.15) is 5.82 Å². The lowest BCUT2D eigenvalue weighted by molar-refractivity contribution is 0.254. The third-order valence-corrected chi connectivity index (χ3v) is 1.86. The van der Waals surface area contributed by atoms with Gasteiger partial charge in [-0.2, -0.15) is 0 Å². The highest BCUT2D eigenvalue weighted by atomic mass is 32.1. The van der Waals surface area contributed by atoms with Crippen molar-refractivity contribution in [3.8, 4) is 0 Å². The summed E-state index contributed by atoms with van der Waals surface area (Å²) < 4.78 is 0. The van der Waals surface area contributed by atoms with Gasteiger partial charge in [-0.15, -0.1) is 11.3 Å². The molecule has 1 heterocycles. The minimum atomic E-state index is -0.240. The van der Waals surface area contributed by atoms with E-state index in [1.165, 1.54) is 11.3 Å². The summed E-state index contributed by atoms with van der Waals surface area (Å²) in [5.74, 6) is 0.604. The van der Waals surface area contributed by atoms with E-state index in [9.17, 15) is 4.79 Å². The maximum absolute atomic E-state index is 10.7. The van der Waals surface area contributed by atoms with E-state index >= 15 is 0 Å². The van der Waals surface area contributed by atoms with Crippen molar-refractivity contribution in [3.63, 3.8) is 0 Å². The molecule has 0 radical (unpaired) electrons. The lowest BCUT2D eigenvalue weighted by atomic mass is 10.7. The molecule has 4 nitrogen and oxygen atoms in total. The predicted molar refractivity (Wildman–Crippen MR) is 44.9 cm³/mol. The standard InChI is InChI=1S/C6H9N3OS/c1-4-8-5(3-11-4)9-6(10)7-2/h3H,1-2H3,(H2,7,9,10). The molecule has 0 atom stereocenters. The fourth-order valence-electron chi connectivity index (χ4n) is 0.600. The number of carbonyl (C=O) groups is 1. The number of thiazole rings is 1. The maximum Gasteiger partial charge on any atom is 0.320 e. The van der Waals surface area contributed by atoms with Gasteiger partial charge in [-0.1, -0.05) is 0 Å². The molecule has 2 N–H and O–H groups in total. The molecule has 60 valence electrons. The van der Waals surface area contributed by atoms with Crippen LogP contribution in [0.5, 0.6) is 0 Å². The Kier molecular flexibility index (Phi) is 2.43. The monoisotopic (exact) mass is 171 g/mol. The summed E-state index contributed by atoms with van der Waals surface area (Å²) >= 11 is 1.50. The second-order valence-corrected chi connectivity index (χ2v) is 3.02. The molecule has 2 amide bonds. The molecule has 0 aliphatic heterocycles. The number of hydrogen-bond acceptors (Lipinski definition) is 3. The van der Waals surface area contributed by atoms with Crippen LogP contribution in [0.1, 0.15) is 5.01 Å². The van der Waals surface area contributed by atoms with Crippen LogP contribution in [0.3, 0.4) is 0 Å². The number of aromatic nitrogens is 1. The second-order valence-electron chi connectivity index (χ2n) is 1.96. The molecule has 0 saturated heterocycles. The SMILES string of the molecule is CNC(=O)Nc1csc(C)n1. The van der Waals surface area contributed by atoms with Crippen LogP contribution in [0.25, 0.3) is 0 Å². The van der Waals surface area contributed by atoms with Crippen LogP contribution in [0.4, 0.5) is 10.6 Å². The Labute approximate surface area is 68.6 Å². The zero-order chi connectivity index (χ0) is 8.27. The number of hydrogen-bond donors (Lipinski definition) is 2. The Balaban J connectivity index is 2.57. The van der Waals surface area contributed by atoms with Crippen molar-refractivity contribution in [2.24, 2.45) is 0 Å². The predicted octanol–water partition coefficient (Wildman–Crippen LogP) is 1.20. The van der Waals surface area contributed by atoms with Gasteiger partial charge in [0.15, 0.2) is 0 Å². The first kappa shape index (κ1) is 8.00. The van der Waals surface area contributed by atoms with Crippen LogP contribution >= 0.6 is 11.3 Å². The number of urea groups is 1.